The molecule has 1 nitrogen and oxygen atoms in total. The smallest absolute Gasteiger partial charge is 0.248 e. The summed E-state index contributed by atoms with van der Waals surface area (Å²) in [6.07, 6.45) is -0.0660. The Morgan fingerprint density at radius 2 is 2.10 bits per heavy atom. The van der Waals surface area contributed by atoms with Crippen molar-refractivity contribution < 1.29 is 13.9 Å². The van der Waals surface area contributed by atoms with Crippen LogP contribution in [0, 0.1) is 11.8 Å². The van der Waals surface area contributed by atoms with Crippen LogP contribution in [0.25, 0.3) is 0 Å². The SMILES string of the molecule is CC(CO)C1CC(F)(F)C1. The van der Waals surface area contributed by atoms with Gasteiger partial charge in [0.15, 0.2) is 0 Å². The molecule has 0 amide bonds. The molecule has 1 atom stereocenters. The van der Waals surface area contributed by atoms with E-state index in [-0.39, 0.29) is 31.3 Å². The molecule has 60 valence electrons. The quantitative estimate of drug-likeness (QED) is 0.634. The van der Waals surface area contributed by atoms with Crippen LogP contribution in [-0.4, -0.2) is 17.6 Å². The van der Waals surface area contributed by atoms with Crippen molar-refractivity contribution in [1.29, 1.82) is 0 Å². The van der Waals surface area contributed by atoms with Gasteiger partial charge in [-0.2, -0.15) is 0 Å². The van der Waals surface area contributed by atoms with Gasteiger partial charge in [-0.3, -0.25) is 0 Å². The summed E-state index contributed by atoms with van der Waals surface area (Å²) in [7, 11) is 0. The van der Waals surface area contributed by atoms with Gasteiger partial charge in [0.25, 0.3) is 0 Å². The molecule has 1 aliphatic rings. The molecule has 3 heteroatoms. The average Bonchev–Trinajstić information content (AvgIpc) is 1.81. The van der Waals surface area contributed by atoms with Gasteiger partial charge >= 0.3 is 0 Å². The highest BCUT2D eigenvalue weighted by Gasteiger charge is 2.46. The van der Waals surface area contributed by atoms with Crippen LogP contribution in [0.3, 0.4) is 0 Å². The molecule has 1 unspecified atom stereocenters. The van der Waals surface area contributed by atoms with Gasteiger partial charge in [-0.15, -0.1) is 0 Å². The zero-order chi connectivity index (χ0) is 7.78. The number of hydrogen-bond donors (Lipinski definition) is 1. The van der Waals surface area contributed by atoms with Crippen molar-refractivity contribution in [3.05, 3.63) is 0 Å². The second-order valence-corrected chi connectivity index (χ2v) is 3.18. The lowest BCUT2D eigenvalue weighted by atomic mass is 9.74. The van der Waals surface area contributed by atoms with Gasteiger partial charge in [0, 0.05) is 19.4 Å². The lowest BCUT2D eigenvalue weighted by molar-refractivity contribution is -0.128. The predicted octanol–water partition coefficient (Wildman–Crippen LogP) is 1.66. The second kappa shape index (κ2) is 2.46. The van der Waals surface area contributed by atoms with E-state index in [4.69, 9.17) is 5.11 Å². The fraction of sp³-hybridized carbons (Fsp3) is 1.00. The number of halogens is 2. The lowest BCUT2D eigenvalue weighted by Gasteiger charge is -2.38. The summed E-state index contributed by atoms with van der Waals surface area (Å²) < 4.78 is 24.4. The molecule has 1 fully saturated rings. The standard InChI is InChI=1S/C7H12F2O/c1-5(4-10)6-2-7(8,9)3-6/h5-6,10H,2-4H2,1H3. The average molecular weight is 150 g/mol. The van der Waals surface area contributed by atoms with Crippen molar-refractivity contribution in [3.8, 4) is 0 Å². The first-order valence-corrected chi connectivity index (χ1v) is 3.54. The van der Waals surface area contributed by atoms with Crippen molar-refractivity contribution in [2.45, 2.75) is 25.7 Å². The number of hydrogen-bond acceptors (Lipinski definition) is 1. The second-order valence-electron chi connectivity index (χ2n) is 3.18. The van der Waals surface area contributed by atoms with Crippen LogP contribution in [0.5, 0.6) is 0 Å². The Morgan fingerprint density at radius 1 is 1.60 bits per heavy atom. The first-order valence-electron chi connectivity index (χ1n) is 3.54. The third kappa shape index (κ3) is 1.45. The molecule has 0 radical (unpaired) electrons. The van der Waals surface area contributed by atoms with E-state index in [2.05, 4.69) is 0 Å². The molecule has 1 N–H and O–H groups in total. The molecular weight excluding hydrogens is 138 g/mol. The van der Waals surface area contributed by atoms with E-state index in [0.29, 0.717) is 0 Å². The lowest BCUT2D eigenvalue weighted by Crippen LogP contribution is -2.39. The topological polar surface area (TPSA) is 20.2 Å². The summed E-state index contributed by atoms with van der Waals surface area (Å²) in [5.74, 6) is -2.35. The fourth-order valence-electron chi connectivity index (χ4n) is 1.26. The zero-order valence-corrected chi connectivity index (χ0v) is 5.98. The highest BCUT2D eigenvalue weighted by molar-refractivity contribution is 4.88. The Hall–Kier alpha value is -0.180. The summed E-state index contributed by atoms with van der Waals surface area (Å²) in [6, 6.07) is 0. The minimum atomic E-state index is -2.44. The normalized spacial score (nSPS) is 27.6. The number of aliphatic hydroxyl groups excluding tert-OH is 1. The Balaban J connectivity index is 2.26. The molecule has 0 aliphatic heterocycles. The number of rotatable bonds is 2. The maximum atomic E-state index is 12.2. The van der Waals surface area contributed by atoms with Gasteiger partial charge in [-0.05, 0) is 11.8 Å². The highest BCUT2D eigenvalue weighted by atomic mass is 19.3. The third-order valence-electron chi connectivity index (χ3n) is 2.21. The molecule has 0 bridgehead atoms. The summed E-state index contributed by atoms with van der Waals surface area (Å²) in [5.41, 5.74) is 0. The molecule has 0 aromatic carbocycles. The minimum Gasteiger partial charge on any atom is -0.396 e. The van der Waals surface area contributed by atoms with Crippen LogP contribution >= 0.6 is 0 Å². The third-order valence-corrected chi connectivity index (χ3v) is 2.21. The summed E-state index contributed by atoms with van der Waals surface area (Å²) in [6.45, 7) is 1.83. The van der Waals surface area contributed by atoms with E-state index in [0.717, 1.165) is 0 Å². The van der Waals surface area contributed by atoms with E-state index in [1.54, 1.807) is 6.92 Å². The summed E-state index contributed by atoms with van der Waals surface area (Å²) in [4.78, 5) is 0. The minimum absolute atomic E-state index is 0.0285. The van der Waals surface area contributed by atoms with Crippen LogP contribution in [0.4, 0.5) is 8.78 Å². The Kier molecular flexibility index (Phi) is 1.95. The first kappa shape index (κ1) is 7.92. The van der Waals surface area contributed by atoms with Crippen LogP contribution in [0.1, 0.15) is 19.8 Å². The molecule has 1 rings (SSSR count). The van der Waals surface area contributed by atoms with Gasteiger partial charge in [-0.25, -0.2) is 8.78 Å². The van der Waals surface area contributed by atoms with E-state index in [1.807, 2.05) is 0 Å². The van der Waals surface area contributed by atoms with Crippen molar-refractivity contribution in [1.82, 2.24) is 0 Å². The molecule has 1 saturated carbocycles. The first-order chi connectivity index (χ1) is 4.55. The van der Waals surface area contributed by atoms with Crippen molar-refractivity contribution in [2.75, 3.05) is 6.61 Å². The summed E-state index contributed by atoms with van der Waals surface area (Å²) >= 11 is 0. The molecular formula is C7H12F2O. The van der Waals surface area contributed by atoms with E-state index in [9.17, 15) is 8.78 Å². The van der Waals surface area contributed by atoms with Gasteiger partial charge in [0.05, 0.1) is 0 Å². The summed E-state index contributed by atoms with van der Waals surface area (Å²) in [5, 5.41) is 8.60. The maximum absolute atomic E-state index is 12.2. The number of alkyl halides is 2. The van der Waals surface area contributed by atoms with E-state index < -0.39 is 5.92 Å². The van der Waals surface area contributed by atoms with Gasteiger partial charge < -0.3 is 5.11 Å². The van der Waals surface area contributed by atoms with Crippen LogP contribution in [0.15, 0.2) is 0 Å². The molecule has 0 aromatic rings. The van der Waals surface area contributed by atoms with Gasteiger partial charge in [-0.1, -0.05) is 6.92 Å². The monoisotopic (exact) mass is 150 g/mol. The maximum Gasteiger partial charge on any atom is 0.248 e. The predicted molar refractivity (Wildman–Crippen MR) is 33.9 cm³/mol. The Labute approximate surface area is 59.0 Å². The molecule has 0 saturated heterocycles. The Morgan fingerprint density at radius 3 is 2.40 bits per heavy atom. The van der Waals surface area contributed by atoms with Crippen molar-refractivity contribution >= 4 is 0 Å². The van der Waals surface area contributed by atoms with Crippen molar-refractivity contribution in [2.24, 2.45) is 11.8 Å². The van der Waals surface area contributed by atoms with Crippen LogP contribution in [0.2, 0.25) is 0 Å². The molecule has 0 aromatic heterocycles. The van der Waals surface area contributed by atoms with Gasteiger partial charge in [0.2, 0.25) is 5.92 Å². The Bertz CT molecular complexity index is 117. The fourth-order valence-corrected chi connectivity index (χ4v) is 1.26. The van der Waals surface area contributed by atoms with Crippen LogP contribution < -0.4 is 0 Å². The largest absolute Gasteiger partial charge is 0.396 e. The van der Waals surface area contributed by atoms with E-state index >= 15 is 0 Å². The molecule has 0 heterocycles. The van der Waals surface area contributed by atoms with E-state index in [1.165, 1.54) is 0 Å². The molecule has 10 heavy (non-hydrogen) atoms. The highest BCUT2D eigenvalue weighted by Crippen LogP contribution is 2.45. The van der Waals surface area contributed by atoms with Crippen LogP contribution in [-0.2, 0) is 0 Å². The number of aliphatic hydroxyl groups is 1. The van der Waals surface area contributed by atoms with Crippen molar-refractivity contribution in [3.63, 3.8) is 0 Å². The molecule has 1 aliphatic carbocycles. The zero-order valence-electron chi connectivity index (χ0n) is 5.98. The van der Waals surface area contributed by atoms with Gasteiger partial charge in [0.1, 0.15) is 0 Å². The molecule has 0 spiro atoms.